The minimum Gasteiger partial charge on any atom is -0.508 e. The number of unbranched alkanes of at least 4 members (excludes halogenated alkanes) is 27. The molecule has 0 radical (unpaired) electrons. The third-order valence-electron chi connectivity index (χ3n) is 16.3. The van der Waals surface area contributed by atoms with E-state index >= 15 is 0 Å². The number of benzene rings is 3. The van der Waals surface area contributed by atoms with Crippen molar-refractivity contribution in [3.8, 4) is 17.2 Å². The van der Waals surface area contributed by atoms with Gasteiger partial charge in [0.2, 0.25) is 0 Å². The number of aliphatic hydroxyl groups is 2. The van der Waals surface area contributed by atoms with Crippen LogP contribution in [0.3, 0.4) is 0 Å². The molecule has 6 unspecified atom stereocenters. The lowest BCUT2D eigenvalue weighted by Crippen LogP contribution is -2.30. The Morgan fingerprint density at radius 1 is 0.418 bits per heavy atom. The number of ether oxygens (including phenoxy) is 8. The molecule has 3 aromatic carbocycles. The maximum absolute atomic E-state index is 10.4. The molecule has 91 heavy (non-hydrogen) atoms. The Morgan fingerprint density at radius 3 is 1.22 bits per heavy atom. The third kappa shape index (κ3) is 52.0. The van der Waals surface area contributed by atoms with Gasteiger partial charge in [0, 0.05) is 0 Å². The quantitative estimate of drug-likeness (QED) is 0.0215. The summed E-state index contributed by atoms with van der Waals surface area (Å²) in [5.74, 6) is 1.90. The number of phenolic OH excluding ortho intramolecular Hbond substituents is 1. The molecular weight excluding hydrogens is 1140 g/mol. The van der Waals surface area contributed by atoms with Gasteiger partial charge in [0.05, 0.1) is 58.5 Å². The van der Waals surface area contributed by atoms with Crippen LogP contribution in [-0.4, -0.2) is 112 Å². The molecule has 11 nitrogen and oxygen atoms in total. The first-order valence-electron chi connectivity index (χ1n) is 36.8. The van der Waals surface area contributed by atoms with Crippen LogP contribution < -0.4 is 9.47 Å². The molecule has 2 heterocycles. The van der Waals surface area contributed by atoms with Crippen LogP contribution in [0.25, 0.3) is 0 Å². The lowest BCUT2D eigenvalue weighted by molar-refractivity contribution is -0.162. The second-order valence-corrected chi connectivity index (χ2v) is 25.7. The third-order valence-corrected chi connectivity index (χ3v) is 16.3. The van der Waals surface area contributed by atoms with Crippen LogP contribution >= 0.6 is 0 Å². The monoisotopic (exact) mass is 1270 g/mol. The van der Waals surface area contributed by atoms with Crippen LogP contribution in [0.5, 0.6) is 17.2 Å². The SMILES string of the molecule is CC(COCC1CO1)OCC1CO1.CCCC/C=C/CCCCCCCCCc1cccc(O)c1.CCCC/C=C/CCCCCCCCCc1cccc(OCC(O)COCC(C)OC(O)COc2cccc(CCCCCCCCC/C=C/CCCC)c2)c1. The highest BCUT2D eigenvalue weighted by Gasteiger charge is 2.25. The highest BCUT2D eigenvalue weighted by molar-refractivity contribution is 5.30. The average molecular weight is 1270 g/mol. The molecular formula is C80H132O11. The van der Waals surface area contributed by atoms with E-state index in [2.05, 4.69) is 87.6 Å². The maximum Gasteiger partial charge on any atom is 0.189 e. The van der Waals surface area contributed by atoms with E-state index in [-0.39, 0.29) is 38.6 Å². The predicted molar refractivity (Wildman–Crippen MR) is 379 cm³/mol. The molecule has 3 aromatic rings. The van der Waals surface area contributed by atoms with Crippen molar-refractivity contribution in [2.75, 3.05) is 59.5 Å². The van der Waals surface area contributed by atoms with Crippen LogP contribution in [0, 0.1) is 0 Å². The molecule has 11 heteroatoms. The number of aliphatic hydroxyl groups excluding tert-OH is 2. The molecule has 0 saturated carbocycles. The summed E-state index contributed by atoms with van der Waals surface area (Å²) >= 11 is 0. The van der Waals surface area contributed by atoms with E-state index in [1.165, 1.54) is 229 Å². The summed E-state index contributed by atoms with van der Waals surface area (Å²) in [5, 5.41) is 30.2. The number of aromatic hydroxyl groups is 1. The first-order valence-corrected chi connectivity index (χ1v) is 36.8. The Hall–Kier alpha value is -4.04. The van der Waals surface area contributed by atoms with E-state index in [0.717, 1.165) is 44.0 Å². The molecule has 3 N–H and O–H groups in total. The van der Waals surface area contributed by atoms with Gasteiger partial charge in [0.15, 0.2) is 6.29 Å². The molecule has 5 rings (SSSR count). The highest BCUT2D eigenvalue weighted by atomic mass is 16.6. The van der Waals surface area contributed by atoms with Gasteiger partial charge < -0.3 is 53.2 Å². The van der Waals surface area contributed by atoms with Crippen molar-refractivity contribution in [3.63, 3.8) is 0 Å². The molecule has 0 aromatic heterocycles. The van der Waals surface area contributed by atoms with Crippen molar-refractivity contribution in [2.45, 2.75) is 303 Å². The largest absolute Gasteiger partial charge is 0.508 e. The van der Waals surface area contributed by atoms with E-state index in [9.17, 15) is 15.3 Å². The van der Waals surface area contributed by atoms with Crippen molar-refractivity contribution < 1.29 is 53.2 Å². The molecule has 0 bridgehead atoms. The first kappa shape index (κ1) is 81.2. The molecule has 0 aliphatic carbocycles. The summed E-state index contributed by atoms with van der Waals surface area (Å²) < 4.78 is 43.9. The maximum atomic E-state index is 10.4. The van der Waals surface area contributed by atoms with Gasteiger partial charge in [-0.1, -0.05) is 228 Å². The minimum atomic E-state index is -1.08. The number of phenols is 1. The van der Waals surface area contributed by atoms with E-state index in [0.29, 0.717) is 37.8 Å². The van der Waals surface area contributed by atoms with Gasteiger partial charge in [-0.15, -0.1) is 0 Å². The van der Waals surface area contributed by atoms with E-state index < -0.39 is 12.4 Å². The van der Waals surface area contributed by atoms with Crippen LogP contribution in [0.1, 0.15) is 263 Å². The summed E-state index contributed by atoms with van der Waals surface area (Å²) in [5.41, 5.74) is 3.79. The average Bonchev–Trinajstić information content (AvgIpc) is 4.63. The molecule has 2 aliphatic rings. The molecule has 0 amide bonds. The van der Waals surface area contributed by atoms with Crippen LogP contribution in [0.15, 0.2) is 109 Å². The summed E-state index contributed by atoms with van der Waals surface area (Å²) in [7, 11) is 0. The number of allylic oxidation sites excluding steroid dienone is 6. The lowest BCUT2D eigenvalue weighted by atomic mass is 10.0. The fourth-order valence-corrected chi connectivity index (χ4v) is 10.5. The Kier molecular flexibility index (Phi) is 52.2. The number of hydrogen-bond acceptors (Lipinski definition) is 11. The Morgan fingerprint density at radius 2 is 0.791 bits per heavy atom. The van der Waals surface area contributed by atoms with Gasteiger partial charge in [-0.05, 0) is 163 Å². The van der Waals surface area contributed by atoms with E-state index in [1.807, 2.05) is 50.2 Å². The number of epoxide rings is 2. The smallest absolute Gasteiger partial charge is 0.189 e. The summed E-state index contributed by atoms with van der Waals surface area (Å²) in [4.78, 5) is 0. The number of hydrogen-bond donors (Lipinski definition) is 3. The van der Waals surface area contributed by atoms with Gasteiger partial charge in [-0.3, -0.25) is 0 Å². The normalized spacial score (nSPS) is 15.7. The van der Waals surface area contributed by atoms with Gasteiger partial charge in [0.1, 0.15) is 48.8 Å². The second-order valence-electron chi connectivity index (χ2n) is 25.7. The molecule has 2 aliphatic heterocycles. The Labute approximate surface area is 555 Å². The molecule has 2 fully saturated rings. The van der Waals surface area contributed by atoms with Crippen molar-refractivity contribution in [3.05, 3.63) is 126 Å². The van der Waals surface area contributed by atoms with Gasteiger partial charge in [-0.2, -0.15) is 0 Å². The van der Waals surface area contributed by atoms with Gasteiger partial charge in [0.25, 0.3) is 0 Å². The van der Waals surface area contributed by atoms with Crippen LogP contribution in [0.4, 0.5) is 0 Å². The summed E-state index contributed by atoms with van der Waals surface area (Å²) in [6.45, 7) is 14.9. The van der Waals surface area contributed by atoms with Crippen LogP contribution in [-0.2, 0) is 47.7 Å². The Balaban J connectivity index is 0.000000495. The van der Waals surface area contributed by atoms with Crippen molar-refractivity contribution in [1.82, 2.24) is 0 Å². The zero-order chi connectivity index (χ0) is 65.1. The fourth-order valence-electron chi connectivity index (χ4n) is 10.5. The Bertz CT molecular complexity index is 2170. The first-order chi connectivity index (χ1) is 44.7. The predicted octanol–water partition coefficient (Wildman–Crippen LogP) is 20.1. The van der Waals surface area contributed by atoms with Gasteiger partial charge in [-0.25, -0.2) is 0 Å². The number of aryl methyl sites for hydroxylation is 3. The molecule has 518 valence electrons. The highest BCUT2D eigenvalue weighted by Crippen LogP contribution is 2.21. The van der Waals surface area contributed by atoms with Crippen molar-refractivity contribution >= 4 is 0 Å². The van der Waals surface area contributed by atoms with Crippen molar-refractivity contribution in [1.29, 1.82) is 0 Å². The van der Waals surface area contributed by atoms with Gasteiger partial charge >= 0.3 is 0 Å². The summed E-state index contributed by atoms with van der Waals surface area (Å²) in [6.07, 6.45) is 58.8. The van der Waals surface area contributed by atoms with Crippen molar-refractivity contribution in [2.24, 2.45) is 0 Å². The van der Waals surface area contributed by atoms with E-state index in [1.54, 1.807) is 6.07 Å². The minimum absolute atomic E-state index is 0.0371. The zero-order valence-electron chi connectivity index (χ0n) is 58.3. The fraction of sp³-hybridized carbons (Fsp3) is 0.700. The standard InChI is InChI=1S/C50H82O6.C21H34O.C9H16O4/c1-4-6-8-10-12-14-16-18-20-22-24-26-28-32-45-34-30-36-48(38-45)54-42-47(51)41-53-40-44(3)56-50(52)43-55-49-37-31-35-46(39-49)33-29-27-25-23-21-19-17-15-13-11-9-7-5-2;1-2-3-4-5-6-7-8-9-10-11-12-13-14-16-20-17-15-18-21(22)19-20;1-7(11-4-9-6-13-9)2-10-3-8-5-12-8/h10-13,30-31,34-39,44,47,50-52H,4-9,14-29,32-33,40-43H2,1-3H3;5-6,15,17-19,22H,2-4,7-14,16H2,1H3;7-9H,2-6H2,1H3/b12-10+,13-11+;6-5+;. The van der Waals surface area contributed by atoms with E-state index in [4.69, 9.17) is 37.9 Å². The molecule has 2 saturated heterocycles. The number of rotatable bonds is 58. The molecule has 6 atom stereocenters. The second kappa shape index (κ2) is 58.5. The van der Waals surface area contributed by atoms with Crippen LogP contribution in [0.2, 0.25) is 0 Å². The zero-order valence-corrected chi connectivity index (χ0v) is 58.3. The summed E-state index contributed by atoms with van der Waals surface area (Å²) in [6, 6.07) is 24.0. The molecule has 0 spiro atoms. The lowest BCUT2D eigenvalue weighted by Gasteiger charge is -2.20. The topological polar surface area (TPSA) is 141 Å².